The van der Waals surface area contributed by atoms with Crippen molar-refractivity contribution in [2.24, 2.45) is 0 Å². The number of pyridine rings is 3. The van der Waals surface area contributed by atoms with Gasteiger partial charge in [0.2, 0.25) is 0 Å². The minimum absolute atomic E-state index is 0.120. The third kappa shape index (κ3) is 4.40. The van der Waals surface area contributed by atoms with Crippen molar-refractivity contribution in [1.82, 2.24) is 40.0 Å². The smallest absolute Gasteiger partial charge is 0.261 e. The standard InChI is InChI=1S/C28H21F3N8/c29-20-3-1-2-17(9-20)21-4-6-33-26-23(21)35-27(36-26)24-22-10-19(13-34-25(22)38-37-24)18-8-16(11-32-12-18)14-39-7-5-28(30,31)15-39/h1-4,6,8-13H,5,7,14-15H2,(H,33,35,36)(H,34,37,38). The van der Waals surface area contributed by atoms with Gasteiger partial charge in [0, 0.05) is 61.0 Å². The zero-order chi connectivity index (χ0) is 26.6. The second-order valence-corrected chi connectivity index (χ2v) is 9.74. The summed E-state index contributed by atoms with van der Waals surface area (Å²) in [6, 6.07) is 12.0. The predicted molar refractivity (Wildman–Crippen MR) is 140 cm³/mol. The van der Waals surface area contributed by atoms with Gasteiger partial charge in [0.05, 0.1) is 11.9 Å². The topological polar surface area (TPSA) is 99.3 Å². The van der Waals surface area contributed by atoms with Crippen LogP contribution in [0, 0.1) is 5.82 Å². The first-order valence-electron chi connectivity index (χ1n) is 12.4. The minimum Gasteiger partial charge on any atom is -0.321 e. The average molecular weight is 527 g/mol. The normalized spacial score (nSPS) is 15.5. The zero-order valence-electron chi connectivity index (χ0n) is 20.5. The summed E-state index contributed by atoms with van der Waals surface area (Å²) < 4.78 is 41.1. The first-order chi connectivity index (χ1) is 18.9. The lowest BCUT2D eigenvalue weighted by atomic mass is 10.1. The van der Waals surface area contributed by atoms with Crippen molar-refractivity contribution in [3.63, 3.8) is 0 Å². The van der Waals surface area contributed by atoms with Crippen LogP contribution in [0.25, 0.3) is 56.0 Å². The maximum Gasteiger partial charge on any atom is 0.261 e. The summed E-state index contributed by atoms with van der Waals surface area (Å²) in [5, 5.41) is 8.14. The highest BCUT2D eigenvalue weighted by Crippen LogP contribution is 2.33. The van der Waals surface area contributed by atoms with Crippen molar-refractivity contribution in [2.75, 3.05) is 13.1 Å². The summed E-state index contributed by atoms with van der Waals surface area (Å²) in [4.78, 5) is 23.0. The van der Waals surface area contributed by atoms with E-state index in [0.29, 0.717) is 47.0 Å². The molecule has 7 rings (SSSR count). The first-order valence-corrected chi connectivity index (χ1v) is 12.4. The number of benzene rings is 1. The molecule has 0 saturated carbocycles. The van der Waals surface area contributed by atoms with E-state index in [0.717, 1.165) is 27.6 Å². The molecule has 0 radical (unpaired) electrons. The van der Waals surface area contributed by atoms with Crippen molar-refractivity contribution < 1.29 is 13.2 Å². The molecule has 194 valence electrons. The Balaban J connectivity index is 1.25. The second-order valence-electron chi connectivity index (χ2n) is 9.74. The molecule has 0 amide bonds. The maximum atomic E-state index is 13.9. The van der Waals surface area contributed by atoms with Crippen molar-refractivity contribution in [3.05, 3.63) is 78.6 Å². The predicted octanol–water partition coefficient (Wildman–Crippen LogP) is 5.61. The quantitative estimate of drug-likeness (QED) is 0.303. The largest absolute Gasteiger partial charge is 0.321 e. The van der Waals surface area contributed by atoms with E-state index in [1.807, 2.05) is 18.2 Å². The van der Waals surface area contributed by atoms with Gasteiger partial charge in [0.15, 0.2) is 17.1 Å². The van der Waals surface area contributed by atoms with E-state index >= 15 is 0 Å². The molecule has 0 atom stereocenters. The number of fused-ring (bicyclic) bond motifs is 2. The first kappa shape index (κ1) is 23.5. The number of alkyl halides is 2. The van der Waals surface area contributed by atoms with Crippen molar-refractivity contribution in [2.45, 2.75) is 18.9 Å². The molecule has 0 spiro atoms. The number of likely N-dealkylation sites (tertiary alicyclic amines) is 1. The fourth-order valence-corrected chi connectivity index (χ4v) is 5.09. The number of rotatable bonds is 5. The Labute approximate surface area is 220 Å². The molecule has 5 aromatic heterocycles. The molecule has 6 heterocycles. The minimum atomic E-state index is -2.64. The summed E-state index contributed by atoms with van der Waals surface area (Å²) in [5.74, 6) is -2.47. The Morgan fingerprint density at radius 1 is 0.949 bits per heavy atom. The van der Waals surface area contributed by atoms with Gasteiger partial charge in [-0.15, -0.1) is 0 Å². The van der Waals surface area contributed by atoms with Gasteiger partial charge in [0.25, 0.3) is 5.92 Å². The Hall–Kier alpha value is -4.64. The van der Waals surface area contributed by atoms with Crippen LogP contribution >= 0.6 is 0 Å². The van der Waals surface area contributed by atoms with E-state index in [1.54, 1.807) is 41.8 Å². The highest BCUT2D eigenvalue weighted by molar-refractivity contribution is 5.96. The molecular weight excluding hydrogens is 505 g/mol. The third-order valence-corrected chi connectivity index (χ3v) is 6.94. The summed E-state index contributed by atoms with van der Waals surface area (Å²) in [7, 11) is 0. The molecule has 1 aliphatic rings. The number of H-pyrrole nitrogens is 2. The van der Waals surface area contributed by atoms with Gasteiger partial charge in [-0.25, -0.2) is 28.1 Å². The lowest BCUT2D eigenvalue weighted by Crippen LogP contribution is -2.24. The highest BCUT2D eigenvalue weighted by atomic mass is 19.3. The van der Waals surface area contributed by atoms with Crippen LogP contribution in [0.1, 0.15) is 12.0 Å². The number of hydrogen-bond donors (Lipinski definition) is 2. The van der Waals surface area contributed by atoms with Gasteiger partial charge in [-0.2, -0.15) is 5.10 Å². The Morgan fingerprint density at radius 2 is 1.85 bits per heavy atom. The molecule has 6 aromatic rings. The fourth-order valence-electron chi connectivity index (χ4n) is 5.09. The maximum absolute atomic E-state index is 13.9. The second kappa shape index (κ2) is 8.98. The molecule has 0 aliphatic carbocycles. The summed E-state index contributed by atoms with van der Waals surface area (Å²) >= 11 is 0. The monoisotopic (exact) mass is 526 g/mol. The van der Waals surface area contributed by atoms with Crippen molar-refractivity contribution in [3.8, 4) is 33.8 Å². The van der Waals surface area contributed by atoms with Gasteiger partial charge >= 0.3 is 0 Å². The van der Waals surface area contributed by atoms with Crippen LogP contribution in [0.15, 0.2) is 67.3 Å². The van der Waals surface area contributed by atoms with Gasteiger partial charge < -0.3 is 4.98 Å². The molecule has 2 N–H and O–H groups in total. The Morgan fingerprint density at radius 3 is 2.69 bits per heavy atom. The molecule has 8 nitrogen and oxygen atoms in total. The number of halogens is 3. The van der Waals surface area contributed by atoms with E-state index in [9.17, 15) is 13.2 Å². The van der Waals surface area contributed by atoms with E-state index in [4.69, 9.17) is 4.98 Å². The number of nitrogens with one attached hydrogen (secondary N) is 2. The SMILES string of the molecule is Fc1cccc(-c2ccnc3[nH]c(-c4n[nH]c5ncc(-c6cncc(CN7CCC(F)(F)C7)c6)cc45)nc23)c1. The molecule has 39 heavy (non-hydrogen) atoms. The molecule has 1 aromatic carbocycles. The fraction of sp³-hybridized carbons (Fsp3) is 0.179. The summed E-state index contributed by atoms with van der Waals surface area (Å²) in [6.45, 7) is 0.523. The van der Waals surface area contributed by atoms with Crippen molar-refractivity contribution >= 4 is 22.2 Å². The van der Waals surface area contributed by atoms with Crippen LogP contribution in [0.2, 0.25) is 0 Å². The van der Waals surface area contributed by atoms with E-state index in [2.05, 4.69) is 30.1 Å². The Kier molecular flexibility index (Phi) is 5.41. The molecule has 0 bridgehead atoms. The van der Waals surface area contributed by atoms with Crippen LogP contribution < -0.4 is 0 Å². The molecule has 1 saturated heterocycles. The third-order valence-electron chi connectivity index (χ3n) is 6.94. The molecule has 1 aliphatic heterocycles. The van der Waals surface area contributed by atoms with E-state index in [-0.39, 0.29) is 18.8 Å². The number of imidazole rings is 1. The lowest BCUT2D eigenvalue weighted by Gasteiger charge is -2.15. The van der Waals surface area contributed by atoms with Gasteiger partial charge in [-0.05, 0) is 41.5 Å². The number of nitrogens with zero attached hydrogens (tertiary/aromatic N) is 6. The molecule has 11 heteroatoms. The van der Waals surface area contributed by atoms with E-state index in [1.165, 1.54) is 12.1 Å². The van der Waals surface area contributed by atoms with Crippen LogP contribution in [-0.4, -0.2) is 59.0 Å². The van der Waals surface area contributed by atoms with Crippen molar-refractivity contribution in [1.29, 1.82) is 0 Å². The van der Waals surface area contributed by atoms with Crippen LogP contribution in [-0.2, 0) is 6.54 Å². The Bertz CT molecular complexity index is 1840. The lowest BCUT2D eigenvalue weighted by molar-refractivity contribution is 0.0115. The highest BCUT2D eigenvalue weighted by Gasteiger charge is 2.37. The van der Waals surface area contributed by atoms with Gasteiger partial charge in [0.1, 0.15) is 17.0 Å². The van der Waals surface area contributed by atoms with E-state index < -0.39 is 5.92 Å². The van der Waals surface area contributed by atoms with Crippen LogP contribution in [0.4, 0.5) is 13.2 Å². The van der Waals surface area contributed by atoms with Gasteiger partial charge in [-0.3, -0.25) is 15.0 Å². The summed E-state index contributed by atoms with van der Waals surface area (Å²) in [6.07, 6.45) is 6.67. The summed E-state index contributed by atoms with van der Waals surface area (Å²) in [5.41, 5.74) is 6.22. The van der Waals surface area contributed by atoms with Crippen LogP contribution in [0.5, 0.6) is 0 Å². The van der Waals surface area contributed by atoms with Gasteiger partial charge in [-0.1, -0.05) is 12.1 Å². The zero-order valence-corrected chi connectivity index (χ0v) is 20.5. The number of hydrogen-bond acceptors (Lipinski definition) is 6. The van der Waals surface area contributed by atoms with Crippen LogP contribution in [0.3, 0.4) is 0 Å². The average Bonchev–Trinajstić information content (AvgIpc) is 3.64. The molecule has 0 unspecified atom stereocenters. The number of aromatic nitrogens is 7. The number of aromatic amines is 2. The molecular formula is C28H21F3N8. The molecule has 1 fully saturated rings.